The van der Waals surface area contributed by atoms with Crippen LogP contribution < -0.4 is 5.32 Å². The van der Waals surface area contributed by atoms with Crippen molar-refractivity contribution in [3.8, 4) is 16.9 Å². The molecule has 35 heavy (non-hydrogen) atoms. The van der Waals surface area contributed by atoms with Gasteiger partial charge in [0.05, 0.1) is 17.2 Å². The molecule has 4 rings (SSSR count). The van der Waals surface area contributed by atoms with E-state index in [1.807, 2.05) is 17.6 Å². The topological polar surface area (TPSA) is 121 Å². The molecule has 10 heteroatoms. The number of hydrogen-bond acceptors (Lipinski definition) is 6. The molecule has 1 saturated heterocycles. The average Bonchev–Trinajstić information content (AvgIpc) is 3.48. The van der Waals surface area contributed by atoms with E-state index in [0.717, 1.165) is 28.8 Å². The smallest absolute Gasteiger partial charge is 0.320 e. The highest BCUT2D eigenvalue weighted by Gasteiger charge is 2.47. The first-order chi connectivity index (χ1) is 16.5. The molecule has 1 fully saturated rings. The first-order valence-electron chi connectivity index (χ1n) is 11.1. The Bertz CT molecular complexity index is 1350. The molecule has 1 aliphatic rings. The SMILES string of the molecule is Cc1c(CC2(NC(CCO)C(=O)O)CO2)cc(-c2ccc(S(C)(=O)=O)cc2)n1-c1cccc(F)c1. The predicted octanol–water partition coefficient (Wildman–Crippen LogP) is 2.69. The number of aromatic nitrogens is 1. The summed E-state index contributed by atoms with van der Waals surface area (Å²) in [6.07, 6.45) is 1.54. The van der Waals surface area contributed by atoms with Crippen molar-refractivity contribution in [3.63, 3.8) is 0 Å². The Morgan fingerprint density at radius 1 is 1.23 bits per heavy atom. The summed E-state index contributed by atoms with van der Waals surface area (Å²) in [5, 5.41) is 21.7. The molecule has 2 heterocycles. The first kappa shape index (κ1) is 25.1. The summed E-state index contributed by atoms with van der Waals surface area (Å²) in [5.41, 5.74) is 2.84. The zero-order chi connectivity index (χ0) is 25.4. The van der Waals surface area contributed by atoms with Crippen LogP contribution in [-0.4, -0.2) is 60.4 Å². The van der Waals surface area contributed by atoms with Crippen LogP contribution in [0.25, 0.3) is 16.9 Å². The Morgan fingerprint density at radius 2 is 1.91 bits per heavy atom. The zero-order valence-corrected chi connectivity index (χ0v) is 20.2. The maximum absolute atomic E-state index is 14.1. The van der Waals surface area contributed by atoms with Crippen molar-refractivity contribution in [3.05, 3.63) is 71.7 Å². The van der Waals surface area contributed by atoms with Gasteiger partial charge in [0.25, 0.3) is 0 Å². The summed E-state index contributed by atoms with van der Waals surface area (Å²) in [4.78, 5) is 11.8. The van der Waals surface area contributed by atoms with Gasteiger partial charge < -0.3 is 19.5 Å². The molecule has 186 valence electrons. The molecule has 0 amide bonds. The van der Waals surface area contributed by atoms with E-state index < -0.39 is 33.4 Å². The summed E-state index contributed by atoms with van der Waals surface area (Å²) >= 11 is 0. The van der Waals surface area contributed by atoms with Gasteiger partial charge in [-0.15, -0.1) is 0 Å². The highest BCUT2D eigenvalue weighted by molar-refractivity contribution is 7.90. The lowest BCUT2D eigenvalue weighted by atomic mass is 10.0. The number of aliphatic hydroxyl groups excluding tert-OH is 1. The van der Waals surface area contributed by atoms with E-state index in [1.165, 1.54) is 24.3 Å². The molecule has 1 aromatic heterocycles. The van der Waals surface area contributed by atoms with Crippen molar-refractivity contribution >= 4 is 15.8 Å². The second-order valence-corrected chi connectivity index (χ2v) is 10.8. The number of hydrogen-bond donors (Lipinski definition) is 3. The number of nitrogens with zero attached hydrogens (tertiary/aromatic N) is 1. The number of rotatable bonds is 10. The zero-order valence-electron chi connectivity index (χ0n) is 19.4. The van der Waals surface area contributed by atoms with E-state index in [2.05, 4.69) is 5.32 Å². The molecule has 0 saturated carbocycles. The lowest BCUT2D eigenvalue weighted by molar-refractivity contribution is -0.140. The van der Waals surface area contributed by atoms with E-state index in [1.54, 1.807) is 24.3 Å². The molecule has 0 aliphatic carbocycles. The molecule has 0 radical (unpaired) electrons. The second kappa shape index (κ2) is 9.54. The number of benzene rings is 2. The van der Waals surface area contributed by atoms with E-state index in [0.29, 0.717) is 18.7 Å². The second-order valence-electron chi connectivity index (χ2n) is 8.76. The number of halogens is 1. The van der Waals surface area contributed by atoms with Crippen LogP contribution >= 0.6 is 0 Å². The maximum atomic E-state index is 14.1. The van der Waals surface area contributed by atoms with Gasteiger partial charge in [-0.3, -0.25) is 10.1 Å². The minimum Gasteiger partial charge on any atom is -0.480 e. The third-order valence-electron chi connectivity index (χ3n) is 6.12. The number of aliphatic hydroxyl groups is 1. The molecule has 1 aliphatic heterocycles. The number of carboxylic acid groups (broad SMARTS) is 1. The third-order valence-corrected chi connectivity index (χ3v) is 7.25. The highest BCUT2D eigenvalue weighted by Crippen LogP contribution is 2.36. The lowest BCUT2D eigenvalue weighted by Crippen LogP contribution is -2.47. The fourth-order valence-corrected chi connectivity index (χ4v) is 4.84. The monoisotopic (exact) mass is 502 g/mol. The highest BCUT2D eigenvalue weighted by atomic mass is 32.2. The summed E-state index contributed by atoms with van der Waals surface area (Å²) in [6, 6.07) is 13.6. The number of carboxylic acids is 1. The van der Waals surface area contributed by atoms with Gasteiger partial charge in [-0.05, 0) is 60.9 Å². The summed E-state index contributed by atoms with van der Waals surface area (Å²) < 4.78 is 45.4. The molecular formula is C25H27FN2O6S. The van der Waals surface area contributed by atoms with Crippen molar-refractivity contribution in [2.24, 2.45) is 0 Å². The van der Waals surface area contributed by atoms with E-state index in [9.17, 15) is 27.8 Å². The molecule has 3 aromatic rings. The van der Waals surface area contributed by atoms with Crippen molar-refractivity contribution in [1.82, 2.24) is 9.88 Å². The molecule has 0 bridgehead atoms. The van der Waals surface area contributed by atoms with Gasteiger partial charge in [-0.25, -0.2) is 12.8 Å². The number of sulfone groups is 1. The Balaban J connectivity index is 1.75. The fraction of sp³-hybridized carbons (Fsp3) is 0.320. The Kier molecular flexibility index (Phi) is 6.83. The van der Waals surface area contributed by atoms with Crippen LogP contribution in [0.2, 0.25) is 0 Å². The number of epoxide rings is 1. The molecule has 2 aromatic carbocycles. The van der Waals surface area contributed by atoms with Crippen molar-refractivity contribution in [2.45, 2.75) is 36.4 Å². The van der Waals surface area contributed by atoms with Crippen LogP contribution in [0.1, 0.15) is 17.7 Å². The standard InChI is InChI=1S/C25H27FN2O6S/c1-16-18(14-25(15-34-25)27-22(10-11-29)24(30)31)12-23(28(16)20-5-3-4-19(26)13-20)17-6-8-21(9-7-17)35(2,32)33/h3-9,12-13,22,27,29H,10-11,14-15H2,1-2H3,(H,30,31). The predicted molar refractivity (Wildman–Crippen MR) is 128 cm³/mol. The van der Waals surface area contributed by atoms with Gasteiger partial charge >= 0.3 is 5.97 Å². The molecule has 2 unspecified atom stereocenters. The summed E-state index contributed by atoms with van der Waals surface area (Å²) in [6.45, 7) is 1.92. The number of ether oxygens (including phenoxy) is 1. The van der Waals surface area contributed by atoms with E-state index in [4.69, 9.17) is 4.74 Å². The van der Waals surface area contributed by atoms with Gasteiger partial charge in [0.2, 0.25) is 0 Å². The normalized spacial score (nSPS) is 18.4. The number of aliphatic carboxylic acids is 1. The van der Waals surface area contributed by atoms with Crippen LogP contribution in [-0.2, 0) is 25.8 Å². The van der Waals surface area contributed by atoms with E-state index in [-0.39, 0.29) is 17.9 Å². The van der Waals surface area contributed by atoms with Gasteiger partial charge in [0.15, 0.2) is 9.84 Å². The summed E-state index contributed by atoms with van der Waals surface area (Å²) in [5.74, 6) is -1.47. The Morgan fingerprint density at radius 3 is 2.46 bits per heavy atom. The molecule has 8 nitrogen and oxygen atoms in total. The van der Waals surface area contributed by atoms with Crippen molar-refractivity contribution in [1.29, 1.82) is 0 Å². The van der Waals surface area contributed by atoms with Crippen LogP contribution in [0.4, 0.5) is 4.39 Å². The molecule has 0 spiro atoms. The van der Waals surface area contributed by atoms with Gasteiger partial charge in [0, 0.05) is 30.7 Å². The van der Waals surface area contributed by atoms with Crippen LogP contribution in [0.3, 0.4) is 0 Å². The minimum absolute atomic E-state index is 0.0433. The maximum Gasteiger partial charge on any atom is 0.320 e. The first-order valence-corrected chi connectivity index (χ1v) is 13.0. The van der Waals surface area contributed by atoms with Crippen molar-refractivity contribution in [2.75, 3.05) is 19.5 Å². The third kappa shape index (κ3) is 5.46. The average molecular weight is 503 g/mol. The van der Waals surface area contributed by atoms with E-state index >= 15 is 0 Å². The quantitative estimate of drug-likeness (QED) is 0.365. The lowest BCUT2D eigenvalue weighted by Gasteiger charge is -2.20. The molecular weight excluding hydrogens is 475 g/mol. The minimum atomic E-state index is -3.36. The van der Waals surface area contributed by atoms with Crippen LogP contribution in [0.15, 0.2) is 59.5 Å². The van der Waals surface area contributed by atoms with Crippen molar-refractivity contribution < 1.29 is 32.6 Å². The molecule has 3 N–H and O–H groups in total. The van der Waals surface area contributed by atoms with Gasteiger partial charge in [-0.1, -0.05) is 18.2 Å². The largest absolute Gasteiger partial charge is 0.480 e. The van der Waals surface area contributed by atoms with Crippen LogP contribution in [0.5, 0.6) is 0 Å². The summed E-state index contributed by atoms with van der Waals surface area (Å²) in [7, 11) is -3.36. The van der Waals surface area contributed by atoms with Gasteiger partial charge in [0.1, 0.15) is 17.6 Å². The number of carbonyl (C=O) groups is 1. The Labute approximate surface area is 202 Å². The van der Waals surface area contributed by atoms with Crippen LogP contribution in [0, 0.1) is 12.7 Å². The fourth-order valence-electron chi connectivity index (χ4n) is 4.21. The molecule has 2 atom stereocenters. The van der Waals surface area contributed by atoms with Gasteiger partial charge in [-0.2, -0.15) is 0 Å². The Hall–Kier alpha value is -3.05. The number of nitrogens with one attached hydrogen (secondary N) is 1.